The fourth-order valence-corrected chi connectivity index (χ4v) is 0.714. The molecule has 0 aliphatic heterocycles. The largest absolute Gasteiger partial charge is 0.481 e. The van der Waals surface area contributed by atoms with Crippen LogP contribution in [0.25, 0.3) is 0 Å². The van der Waals surface area contributed by atoms with E-state index in [4.69, 9.17) is 25.7 Å². The quantitative estimate of drug-likeness (QED) is 0.299. The fraction of sp³-hybridized carbons (Fsp3) is 0.500. The minimum atomic E-state index is -2.74. The van der Waals surface area contributed by atoms with E-state index in [-0.39, 0.29) is 0 Å². The maximum Gasteiger partial charge on any atom is 0.339 e. The molecular weight excluding hydrogens is 256 g/mol. The fourth-order valence-electron chi connectivity index (χ4n) is 0.714. The highest BCUT2D eigenvalue weighted by molar-refractivity contribution is 5.88. The molecule has 0 radical (unpaired) electrons. The Morgan fingerprint density at radius 2 is 1.28 bits per heavy atom. The summed E-state index contributed by atoms with van der Waals surface area (Å²) >= 11 is 0. The standard InChI is InChI=1S/C6H8O7.C2H4O3/c7-3(8)1-6(13,5(11)12)2-4(9)10;1-2(3)5-4/h13H,1-2H2,(H,7,8)(H,9,10)(H,11,12);4H,1H3. The van der Waals surface area contributed by atoms with Crippen LogP contribution in [0.5, 0.6) is 0 Å². The van der Waals surface area contributed by atoms with Gasteiger partial charge in [0, 0.05) is 6.92 Å². The second-order valence-electron chi connectivity index (χ2n) is 3.06. The van der Waals surface area contributed by atoms with Crippen molar-refractivity contribution in [3.05, 3.63) is 0 Å². The Bertz CT molecular complexity index is 317. The summed E-state index contributed by atoms with van der Waals surface area (Å²) in [6.45, 7) is 1.11. The van der Waals surface area contributed by atoms with E-state index in [0.717, 1.165) is 6.92 Å². The third-order valence-electron chi connectivity index (χ3n) is 1.41. The first kappa shape index (κ1) is 18.2. The topological polar surface area (TPSA) is 179 Å². The molecule has 5 N–H and O–H groups in total. The molecule has 18 heavy (non-hydrogen) atoms. The van der Waals surface area contributed by atoms with Crippen LogP contribution in [0.4, 0.5) is 0 Å². The monoisotopic (exact) mass is 268 g/mol. The SMILES string of the molecule is CC(=O)OO.O=C(O)CC(O)(CC(=O)O)C(=O)O. The lowest BCUT2D eigenvalue weighted by atomic mass is 9.96. The number of aliphatic carboxylic acids is 3. The van der Waals surface area contributed by atoms with Gasteiger partial charge < -0.3 is 25.3 Å². The van der Waals surface area contributed by atoms with E-state index < -0.39 is 42.3 Å². The molecule has 0 aliphatic rings. The summed E-state index contributed by atoms with van der Waals surface area (Å²) in [7, 11) is 0. The first-order valence-corrected chi connectivity index (χ1v) is 4.26. The summed E-state index contributed by atoms with van der Waals surface area (Å²) in [6.07, 6.45) is -2.29. The molecule has 0 fully saturated rings. The van der Waals surface area contributed by atoms with Gasteiger partial charge in [-0.3, -0.25) is 9.59 Å². The number of rotatable bonds is 5. The van der Waals surface area contributed by atoms with Crippen LogP contribution < -0.4 is 0 Å². The summed E-state index contributed by atoms with van der Waals surface area (Å²) in [4.78, 5) is 42.9. The summed E-state index contributed by atoms with van der Waals surface area (Å²) in [6, 6.07) is 0. The number of carbonyl (C=O) groups excluding carboxylic acids is 1. The van der Waals surface area contributed by atoms with E-state index in [1.165, 1.54) is 0 Å². The third kappa shape index (κ3) is 9.06. The molecule has 104 valence electrons. The molecule has 0 bridgehead atoms. The predicted molar refractivity (Wildman–Crippen MR) is 51.5 cm³/mol. The number of carboxylic acids is 3. The highest BCUT2D eigenvalue weighted by Crippen LogP contribution is 2.15. The summed E-state index contributed by atoms with van der Waals surface area (Å²) in [5, 5.41) is 41.1. The van der Waals surface area contributed by atoms with Gasteiger partial charge in [-0.25, -0.2) is 9.59 Å². The van der Waals surface area contributed by atoms with Gasteiger partial charge in [-0.05, 0) is 0 Å². The van der Waals surface area contributed by atoms with Crippen LogP contribution in [0.15, 0.2) is 0 Å². The normalized spacial score (nSPS) is 9.72. The smallest absolute Gasteiger partial charge is 0.339 e. The van der Waals surface area contributed by atoms with Gasteiger partial charge in [-0.2, -0.15) is 5.26 Å². The van der Waals surface area contributed by atoms with Crippen molar-refractivity contribution in [2.45, 2.75) is 25.4 Å². The van der Waals surface area contributed by atoms with E-state index in [0.29, 0.717) is 0 Å². The van der Waals surface area contributed by atoms with E-state index >= 15 is 0 Å². The lowest BCUT2D eigenvalue weighted by Crippen LogP contribution is -2.42. The molecule has 0 amide bonds. The van der Waals surface area contributed by atoms with Gasteiger partial charge >= 0.3 is 23.9 Å². The molecule has 0 saturated heterocycles. The molecule has 0 spiro atoms. The van der Waals surface area contributed by atoms with Gasteiger partial charge in [-0.15, -0.1) is 0 Å². The highest BCUT2D eigenvalue weighted by atomic mass is 17.1. The zero-order chi connectivity index (χ0) is 14.9. The molecule has 0 aromatic heterocycles. The predicted octanol–water partition coefficient (Wildman–Crippen LogP) is -1.23. The molecule has 0 heterocycles. The number of carbonyl (C=O) groups is 4. The second-order valence-corrected chi connectivity index (χ2v) is 3.06. The van der Waals surface area contributed by atoms with Gasteiger partial charge in [0.2, 0.25) is 0 Å². The van der Waals surface area contributed by atoms with Crippen molar-refractivity contribution in [3.63, 3.8) is 0 Å². The Hall–Kier alpha value is -2.20. The molecule has 0 atom stereocenters. The van der Waals surface area contributed by atoms with Crippen LogP contribution in [-0.2, 0) is 24.1 Å². The van der Waals surface area contributed by atoms with Crippen molar-refractivity contribution >= 4 is 23.9 Å². The molecular formula is C8H12O10. The summed E-state index contributed by atoms with van der Waals surface area (Å²) in [5.74, 6) is -5.71. The van der Waals surface area contributed by atoms with Crippen molar-refractivity contribution in [2.75, 3.05) is 0 Å². The van der Waals surface area contributed by atoms with Gasteiger partial charge in [0.05, 0.1) is 12.8 Å². The minimum Gasteiger partial charge on any atom is -0.481 e. The molecule has 0 aromatic carbocycles. The summed E-state index contributed by atoms with van der Waals surface area (Å²) in [5.41, 5.74) is -2.74. The average Bonchev–Trinajstić information content (AvgIpc) is 2.15. The Morgan fingerprint density at radius 3 is 1.39 bits per heavy atom. The molecule has 0 aliphatic carbocycles. The second kappa shape index (κ2) is 7.97. The molecule has 10 nitrogen and oxygen atoms in total. The zero-order valence-corrected chi connectivity index (χ0v) is 9.19. The Balaban J connectivity index is 0. The Labute approximate surface area is 100.0 Å². The highest BCUT2D eigenvalue weighted by Gasteiger charge is 2.40. The lowest BCUT2D eigenvalue weighted by molar-refractivity contribution is -0.231. The van der Waals surface area contributed by atoms with E-state index in [1.807, 2.05) is 0 Å². The Morgan fingerprint density at radius 1 is 1.00 bits per heavy atom. The molecule has 0 saturated carbocycles. The first-order valence-electron chi connectivity index (χ1n) is 4.26. The van der Waals surface area contributed by atoms with Crippen molar-refractivity contribution < 1.29 is 49.7 Å². The van der Waals surface area contributed by atoms with Crippen molar-refractivity contribution in [1.82, 2.24) is 0 Å². The first-order chi connectivity index (χ1) is 8.05. The van der Waals surface area contributed by atoms with Crippen LogP contribution >= 0.6 is 0 Å². The molecule has 0 aromatic rings. The van der Waals surface area contributed by atoms with Crippen molar-refractivity contribution in [2.24, 2.45) is 0 Å². The van der Waals surface area contributed by atoms with Crippen LogP contribution in [0.2, 0.25) is 0 Å². The third-order valence-corrected chi connectivity index (χ3v) is 1.41. The van der Waals surface area contributed by atoms with E-state index in [1.54, 1.807) is 0 Å². The van der Waals surface area contributed by atoms with E-state index in [9.17, 15) is 19.2 Å². The number of carboxylic acid groups (broad SMARTS) is 3. The van der Waals surface area contributed by atoms with Crippen LogP contribution in [0, 0.1) is 0 Å². The van der Waals surface area contributed by atoms with Crippen molar-refractivity contribution in [1.29, 1.82) is 0 Å². The molecule has 0 unspecified atom stereocenters. The van der Waals surface area contributed by atoms with Crippen LogP contribution in [0.1, 0.15) is 19.8 Å². The maximum atomic E-state index is 10.3. The van der Waals surface area contributed by atoms with Crippen molar-refractivity contribution in [3.8, 4) is 0 Å². The van der Waals surface area contributed by atoms with Crippen LogP contribution in [0.3, 0.4) is 0 Å². The van der Waals surface area contributed by atoms with Gasteiger partial charge in [0.15, 0.2) is 5.60 Å². The molecule has 10 heteroatoms. The van der Waals surface area contributed by atoms with Gasteiger partial charge in [0.1, 0.15) is 0 Å². The van der Waals surface area contributed by atoms with E-state index in [2.05, 4.69) is 4.89 Å². The zero-order valence-electron chi connectivity index (χ0n) is 9.19. The number of hydrogen-bond acceptors (Lipinski definition) is 7. The lowest BCUT2D eigenvalue weighted by Gasteiger charge is -2.18. The average molecular weight is 268 g/mol. The number of hydrogen-bond donors (Lipinski definition) is 5. The molecule has 0 rings (SSSR count). The maximum absolute atomic E-state index is 10.3. The van der Waals surface area contributed by atoms with Gasteiger partial charge in [0.25, 0.3) is 0 Å². The summed E-state index contributed by atoms with van der Waals surface area (Å²) < 4.78 is 0. The minimum absolute atomic E-state index is 0.690. The number of aliphatic hydroxyl groups is 1. The Kier molecular flexibility index (Phi) is 8.05. The van der Waals surface area contributed by atoms with Crippen LogP contribution in [-0.4, -0.2) is 55.2 Å². The van der Waals surface area contributed by atoms with Gasteiger partial charge in [-0.1, -0.05) is 0 Å².